The molecule has 0 saturated carbocycles. The third-order valence-electron chi connectivity index (χ3n) is 3.24. The molecule has 2 aromatic heterocycles. The average molecular weight is 293 g/mol. The Kier molecular flexibility index (Phi) is 3.19. The summed E-state index contributed by atoms with van der Waals surface area (Å²) in [5, 5.41) is 0.898. The van der Waals surface area contributed by atoms with Crippen LogP contribution in [0.2, 0.25) is 0 Å². The van der Waals surface area contributed by atoms with E-state index in [2.05, 4.69) is 9.97 Å². The number of carbonyl (C=O) groups excluding carboxylic acids is 1. The van der Waals surface area contributed by atoms with Crippen LogP contribution < -0.4 is 16.4 Å². The molecule has 1 saturated heterocycles. The third-order valence-corrected chi connectivity index (χ3v) is 4.19. The van der Waals surface area contributed by atoms with Gasteiger partial charge in [0.05, 0.1) is 18.6 Å². The Labute approximate surface area is 119 Å². The maximum Gasteiger partial charge on any atom is 0.242 e. The van der Waals surface area contributed by atoms with Crippen LogP contribution in [0, 0.1) is 6.92 Å². The van der Waals surface area contributed by atoms with Gasteiger partial charge in [-0.3, -0.25) is 4.79 Å². The Hall–Kier alpha value is -1.93. The molecular formula is C12H15N5O2S. The van der Waals surface area contributed by atoms with Crippen molar-refractivity contribution in [3.05, 3.63) is 10.9 Å². The van der Waals surface area contributed by atoms with Crippen molar-refractivity contribution in [2.45, 2.75) is 13.0 Å². The number of carbonyl (C=O) groups is 1. The SMILES string of the molecule is Cc1cc2c(N3CCOCC3C(N)=O)nc(N)nc2s1. The van der Waals surface area contributed by atoms with E-state index in [1.807, 2.05) is 17.9 Å². The van der Waals surface area contributed by atoms with E-state index in [-0.39, 0.29) is 12.6 Å². The van der Waals surface area contributed by atoms with Gasteiger partial charge in [0, 0.05) is 11.4 Å². The minimum atomic E-state index is -0.526. The van der Waals surface area contributed by atoms with Gasteiger partial charge in [-0.15, -0.1) is 11.3 Å². The highest BCUT2D eigenvalue weighted by molar-refractivity contribution is 7.18. The normalized spacial score (nSPS) is 19.4. The van der Waals surface area contributed by atoms with Gasteiger partial charge in [0.15, 0.2) is 0 Å². The third kappa shape index (κ3) is 2.16. The van der Waals surface area contributed by atoms with E-state index in [1.165, 1.54) is 0 Å². The van der Waals surface area contributed by atoms with Crippen molar-refractivity contribution < 1.29 is 9.53 Å². The van der Waals surface area contributed by atoms with Gasteiger partial charge in [-0.2, -0.15) is 4.98 Å². The van der Waals surface area contributed by atoms with E-state index in [0.717, 1.165) is 15.1 Å². The van der Waals surface area contributed by atoms with Gasteiger partial charge in [-0.05, 0) is 13.0 Å². The molecule has 8 heteroatoms. The van der Waals surface area contributed by atoms with Gasteiger partial charge < -0.3 is 21.1 Å². The zero-order valence-electron chi connectivity index (χ0n) is 11.0. The number of amides is 1. The highest BCUT2D eigenvalue weighted by Gasteiger charge is 2.30. The van der Waals surface area contributed by atoms with Crippen molar-refractivity contribution in [3.63, 3.8) is 0 Å². The predicted molar refractivity (Wildman–Crippen MR) is 77.7 cm³/mol. The molecule has 1 fully saturated rings. The topological polar surface area (TPSA) is 107 Å². The van der Waals surface area contributed by atoms with E-state index in [4.69, 9.17) is 16.2 Å². The summed E-state index contributed by atoms with van der Waals surface area (Å²) in [6, 6.07) is 1.48. The summed E-state index contributed by atoms with van der Waals surface area (Å²) in [4.78, 5) is 23.9. The van der Waals surface area contributed by atoms with Crippen LogP contribution in [-0.2, 0) is 9.53 Å². The van der Waals surface area contributed by atoms with Crippen molar-refractivity contribution >= 4 is 39.2 Å². The lowest BCUT2D eigenvalue weighted by molar-refractivity contribution is -0.121. The maximum atomic E-state index is 11.6. The number of anilines is 2. The number of aryl methyl sites for hydroxylation is 1. The zero-order valence-corrected chi connectivity index (χ0v) is 11.8. The molecule has 4 N–H and O–H groups in total. The first kappa shape index (κ1) is 13.1. The molecule has 1 atom stereocenters. The number of morpholine rings is 1. The molecule has 0 radical (unpaired) electrons. The van der Waals surface area contributed by atoms with Crippen LogP contribution >= 0.6 is 11.3 Å². The van der Waals surface area contributed by atoms with Crippen LogP contribution in [-0.4, -0.2) is 41.7 Å². The van der Waals surface area contributed by atoms with E-state index >= 15 is 0 Å². The summed E-state index contributed by atoms with van der Waals surface area (Å²) >= 11 is 1.55. The van der Waals surface area contributed by atoms with Crippen molar-refractivity contribution in [2.75, 3.05) is 30.4 Å². The standard InChI is InChI=1S/C12H15N5O2S/c1-6-4-7-10(15-12(14)16-11(7)20-6)17-2-3-19-5-8(17)9(13)18/h4,8H,2-3,5H2,1H3,(H2,13,18)(H2,14,15,16). The maximum absolute atomic E-state index is 11.6. The lowest BCUT2D eigenvalue weighted by atomic mass is 10.2. The second-order valence-corrected chi connectivity index (χ2v) is 5.90. The van der Waals surface area contributed by atoms with E-state index in [1.54, 1.807) is 11.3 Å². The fourth-order valence-corrected chi connectivity index (χ4v) is 3.24. The van der Waals surface area contributed by atoms with Crippen LogP contribution in [0.4, 0.5) is 11.8 Å². The fraction of sp³-hybridized carbons (Fsp3) is 0.417. The van der Waals surface area contributed by atoms with Crippen LogP contribution in [0.5, 0.6) is 0 Å². The first-order chi connectivity index (χ1) is 9.56. The largest absolute Gasteiger partial charge is 0.377 e. The monoisotopic (exact) mass is 293 g/mol. The number of fused-ring (bicyclic) bond motifs is 1. The number of hydrogen-bond acceptors (Lipinski definition) is 7. The molecule has 0 bridgehead atoms. The molecule has 0 spiro atoms. The second kappa shape index (κ2) is 4.88. The molecule has 3 heterocycles. The van der Waals surface area contributed by atoms with E-state index in [0.29, 0.717) is 19.0 Å². The highest BCUT2D eigenvalue weighted by Crippen LogP contribution is 2.32. The lowest BCUT2D eigenvalue weighted by Crippen LogP contribution is -2.53. The van der Waals surface area contributed by atoms with Crippen LogP contribution in [0.25, 0.3) is 10.2 Å². The van der Waals surface area contributed by atoms with Gasteiger partial charge >= 0.3 is 0 Å². The smallest absolute Gasteiger partial charge is 0.242 e. The molecule has 20 heavy (non-hydrogen) atoms. The summed E-state index contributed by atoms with van der Waals surface area (Å²) < 4.78 is 5.33. The molecule has 106 valence electrons. The molecule has 2 aromatic rings. The Balaban J connectivity index is 2.14. The molecule has 0 aliphatic carbocycles. The zero-order chi connectivity index (χ0) is 14.3. The molecule has 1 unspecified atom stereocenters. The highest BCUT2D eigenvalue weighted by atomic mass is 32.1. The molecule has 7 nitrogen and oxygen atoms in total. The number of rotatable bonds is 2. The van der Waals surface area contributed by atoms with Crippen molar-refractivity contribution in [1.29, 1.82) is 0 Å². The number of nitrogens with zero attached hydrogens (tertiary/aromatic N) is 3. The van der Waals surface area contributed by atoms with E-state index < -0.39 is 11.9 Å². The number of aromatic nitrogens is 2. The van der Waals surface area contributed by atoms with Crippen molar-refractivity contribution in [1.82, 2.24) is 9.97 Å². The van der Waals surface area contributed by atoms with Crippen LogP contribution in [0.15, 0.2) is 6.07 Å². The average Bonchev–Trinajstić information content (AvgIpc) is 2.77. The predicted octanol–water partition coefficient (Wildman–Crippen LogP) is 0.272. The molecule has 1 aliphatic rings. The quantitative estimate of drug-likeness (QED) is 0.823. The van der Waals surface area contributed by atoms with Gasteiger partial charge in [0.25, 0.3) is 0 Å². The minimum absolute atomic E-state index is 0.198. The van der Waals surface area contributed by atoms with Crippen LogP contribution in [0.3, 0.4) is 0 Å². The molecule has 3 rings (SSSR count). The lowest BCUT2D eigenvalue weighted by Gasteiger charge is -2.34. The summed E-state index contributed by atoms with van der Waals surface area (Å²) in [5.41, 5.74) is 11.2. The Morgan fingerprint density at radius 2 is 2.35 bits per heavy atom. The number of thiophene rings is 1. The van der Waals surface area contributed by atoms with E-state index in [9.17, 15) is 4.79 Å². The van der Waals surface area contributed by atoms with Gasteiger partial charge in [0.2, 0.25) is 11.9 Å². The molecular weight excluding hydrogens is 278 g/mol. The Morgan fingerprint density at radius 1 is 1.55 bits per heavy atom. The summed E-state index contributed by atoms with van der Waals surface area (Å²) in [7, 11) is 0. The number of nitrogens with two attached hydrogens (primary N) is 2. The number of hydrogen-bond donors (Lipinski definition) is 2. The first-order valence-electron chi connectivity index (χ1n) is 6.23. The number of nitrogen functional groups attached to an aromatic ring is 1. The molecule has 1 amide bonds. The molecule has 1 aliphatic heterocycles. The molecule has 0 aromatic carbocycles. The summed E-state index contributed by atoms with van der Waals surface area (Å²) in [5.74, 6) is 0.426. The van der Waals surface area contributed by atoms with Crippen LogP contribution in [0.1, 0.15) is 4.88 Å². The summed E-state index contributed by atoms with van der Waals surface area (Å²) in [6.45, 7) is 3.34. The Bertz CT molecular complexity index is 671. The minimum Gasteiger partial charge on any atom is -0.377 e. The van der Waals surface area contributed by atoms with Crippen molar-refractivity contribution in [2.24, 2.45) is 5.73 Å². The summed E-state index contributed by atoms with van der Waals surface area (Å²) in [6.07, 6.45) is 0. The number of primary amides is 1. The number of ether oxygens (including phenoxy) is 1. The van der Waals surface area contributed by atoms with Crippen molar-refractivity contribution in [3.8, 4) is 0 Å². The van der Waals surface area contributed by atoms with Gasteiger partial charge in [-0.1, -0.05) is 0 Å². The van der Waals surface area contributed by atoms with Gasteiger partial charge in [0.1, 0.15) is 16.7 Å². The fourth-order valence-electron chi connectivity index (χ4n) is 2.35. The van der Waals surface area contributed by atoms with Gasteiger partial charge in [-0.25, -0.2) is 4.98 Å². The second-order valence-electron chi connectivity index (χ2n) is 4.67. The Morgan fingerprint density at radius 3 is 3.10 bits per heavy atom. The first-order valence-corrected chi connectivity index (χ1v) is 7.05.